The molecule has 0 atom stereocenters. The van der Waals surface area contributed by atoms with Gasteiger partial charge in [-0.1, -0.05) is 121 Å². The lowest BCUT2D eigenvalue weighted by molar-refractivity contribution is 0.581. The molecule has 0 unspecified atom stereocenters. The fourth-order valence-corrected chi connectivity index (χ4v) is 10.9. The van der Waals surface area contributed by atoms with Crippen LogP contribution >= 0.6 is 7.44 Å². The van der Waals surface area contributed by atoms with Crippen molar-refractivity contribution in [2.45, 2.75) is 0 Å². The molecule has 0 N–H and O–H groups in total. The molecule has 0 spiro atoms. The van der Waals surface area contributed by atoms with Gasteiger partial charge in [0.2, 0.25) is 17.5 Å². The zero-order chi connectivity index (χ0) is 35.8. The number of para-hydroxylation sites is 8. The summed E-state index contributed by atoms with van der Waals surface area (Å²) in [7, 11) is -3.99. The lowest BCUT2D eigenvalue weighted by Crippen LogP contribution is -2.32. The monoisotopic (exact) mass is 715 g/mol. The molecule has 256 valence electrons. The standard InChI is InChI=1S/C45H30N7OP/c53-54(51(31-17-3-1-4-18-31)41-29-15-16-30-42(41)52(54)32-19-5-2-6-20-32)45-47-43(49-37-25-11-7-21-33(37)34-22-8-12-26-38(34)49)46-44(48-45)50-39-27-13-9-23-35(39)36-24-10-14-28-40(36)50/h1-30H. The minimum atomic E-state index is -3.99. The summed E-state index contributed by atoms with van der Waals surface area (Å²) in [6, 6.07) is 60.8. The van der Waals surface area contributed by atoms with E-state index in [0.29, 0.717) is 11.9 Å². The molecule has 0 saturated heterocycles. The average molecular weight is 716 g/mol. The number of hydrogen-bond acceptors (Lipinski definition) is 4. The highest BCUT2D eigenvalue weighted by molar-refractivity contribution is 7.75. The van der Waals surface area contributed by atoms with Crippen molar-refractivity contribution in [3.8, 4) is 11.9 Å². The van der Waals surface area contributed by atoms with Gasteiger partial charge in [0.25, 0.3) is 0 Å². The lowest BCUT2D eigenvalue weighted by atomic mass is 10.2. The quantitative estimate of drug-likeness (QED) is 0.165. The number of fused-ring (bicyclic) bond motifs is 7. The molecule has 0 aliphatic carbocycles. The van der Waals surface area contributed by atoms with Crippen molar-refractivity contribution in [2.24, 2.45) is 0 Å². The van der Waals surface area contributed by atoms with Crippen molar-refractivity contribution in [3.63, 3.8) is 0 Å². The van der Waals surface area contributed by atoms with Crippen molar-refractivity contribution >= 4 is 79.4 Å². The molecule has 7 aromatic carbocycles. The van der Waals surface area contributed by atoms with Gasteiger partial charge in [-0.2, -0.15) is 15.0 Å². The van der Waals surface area contributed by atoms with Gasteiger partial charge in [0.15, 0.2) is 0 Å². The van der Waals surface area contributed by atoms with Gasteiger partial charge >= 0.3 is 7.44 Å². The number of hydrogen-bond donors (Lipinski definition) is 0. The molecule has 11 rings (SSSR count). The van der Waals surface area contributed by atoms with Gasteiger partial charge in [0.05, 0.1) is 33.4 Å². The van der Waals surface area contributed by atoms with E-state index in [0.717, 1.165) is 66.4 Å². The van der Waals surface area contributed by atoms with Gasteiger partial charge < -0.3 is 0 Å². The Morgan fingerprint density at radius 1 is 0.352 bits per heavy atom. The number of rotatable bonds is 5. The molecule has 8 nitrogen and oxygen atoms in total. The number of anilines is 4. The first kappa shape index (κ1) is 30.6. The van der Waals surface area contributed by atoms with E-state index < -0.39 is 7.44 Å². The Balaban J connectivity index is 1.29. The summed E-state index contributed by atoms with van der Waals surface area (Å²) in [5, 5.41) is 4.30. The minimum absolute atomic E-state index is 0.162. The lowest BCUT2D eigenvalue weighted by Gasteiger charge is -2.31. The first-order valence-electron chi connectivity index (χ1n) is 17.8. The Bertz CT molecular complexity index is 2810. The number of nitrogens with zero attached hydrogens (tertiary/aromatic N) is 7. The maximum Gasteiger partial charge on any atom is 0.338 e. The Morgan fingerprint density at radius 2 is 0.667 bits per heavy atom. The van der Waals surface area contributed by atoms with Crippen LogP contribution in [0.3, 0.4) is 0 Å². The van der Waals surface area contributed by atoms with Crippen LogP contribution in [0.4, 0.5) is 22.7 Å². The van der Waals surface area contributed by atoms with E-state index in [1.807, 2.05) is 143 Å². The van der Waals surface area contributed by atoms with Crippen LogP contribution in [-0.4, -0.2) is 24.1 Å². The fraction of sp³-hybridized carbons (Fsp3) is 0. The Morgan fingerprint density at radius 3 is 1.04 bits per heavy atom. The Labute approximate surface area is 310 Å². The van der Waals surface area contributed by atoms with Gasteiger partial charge in [-0.05, 0) is 60.7 Å². The smallest absolute Gasteiger partial charge is 0.278 e. The summed E-state index contributed by atoms with van der Waals surface area (Å²) in [5.74, 6) is 0.753. The van der Waals surface area contributed by atoms with Crippen LogP contribution in [0.2, 0.25) is 0 Å². The zero-order valence-corrected chi connectivity index (χ0v) is 29.7. The van der Waals surface area contributed by atoms with Gasteiger partial charge in [-0.3, -0.25) is 23.0 Å². The molecule has 0 bridgehead atoms. The molecular weight excluding hydrogens is 686 g/mol. The molecule has 1 aliphatic rings. The molecule has 54 heavy (non-hydrogen) atoms. The van der Waals surface area contributed by atoms with Gasteiger partial charge in [-0.25, -0.2) is 0 Å². The van der Waals surface area contributed by atoms with E-state index in [1.165, 1.54) is 0 Å². The summed E-state index contributed by atoms with van der Waals surface area (Å²) in [6.07, 6.45) is 0. The minimum Gasteiger partial charge on any atom is -0.278 e. The second kappa shape index (κ2) is 11.7. The molecule has 0 radical (unpaired) electrons. The first-order chi connectivity index (χ1) is 26.7. The molecule has 10 aromatic rings. The van der Waals surface area contributed by atoms with Crippen molar-refractivity contribution in [2.75, 3.05) is 9.34 Å². The molecular formula is C45H30N7OP. The van der Waals surface area contributed by atoms with Gasteiger partial charge in [0, 0.05) is 32.9 Å². The van der Waals surface area contributed by atoms with Crippen LogP contribution in [0.1, 0.15) is 0 Å². The summed E-state index contributed by atoms with van der Waals surface area (Å²) in [5.41, 5.74) is 7.06. The largest absolute Gasteiger partial charge is 0.338 e. The predicted molar refractivity (Wildman–Crippen MR) is 219 cm³/mol. The van der Waals surface area contributed by atoms with E-state index in [-0.39, 0.29) is 5.57 Å². The SMILES string of the molecule is O=P1(c2nc(-n3c4ccccc4c4ccccc43)nc(-n3c4ccccc4c4ccccc43)n2)N(c2ccccc2)c2ccccc2N1c1ccccc1. The molecule has 4 heterocycles. The number of aromatic nitrogens is 5. The van der Waals surface area contributed by atoms with Crippen molar-refractivity contribution in [1.29, 1.82) is 0 Å². The average Bonchev–Trinajstić information content (AvgIpc) is 3.85. The van der Waals surface area contributed by atoms with Crippen LogP contribution in [0.15, 0.2) is 182 Å². The van der Waals surface area contributed by atoms with Crippen molar-refractivity contribution in [3.05, 3.63) is 182 Å². The third-order valence-corrected chi connectivity index (χ3v) is 13.0. The Hall–Kier alpha value is -7.02. The highest BCUT2D eigenvalue weighted by Gasteiger charge is 2.51. The molecule has 0 amide bonds. The highest BCUT2D eigenvalue weighted by atomic mass is 31.2. The van der Waals surface area contributed by atoms with Crippen LogP contribution < -0.4 is 14.9 Å². The Kier molecular flexibility index (Phi) is 6.66. The first-order valence-corrected chi connectivity index (χ1v) is 19.5. The molecule has 0 fully saturated rings. The van der Waals surface area contributed by atoms with Crippen molar-refractivity contribution < 1.29 is 4.57 Å². The highest BCUT2D eigenvalue weighted by Crippen LogP contribution is 2.69. The maximum atomic E-state index is 16.9. The van der Waals surface area contributed by atoms with E-state index in [9.17, 15) is 0 Å². The molecule has 1 aliphatic heterocycles. The zero-order valence-electron chi connectivity index (χ0n) is 28.8. The van der Waals surface area contributed by atoms with E-state index in [2.05, 4.69) is 57.7 Å². The maximum absolute atomic E-state index is 16.9. The van der Waals surface area contributed by atoms with E-state index in [1.54, 1.807) is 0 Å². The van der Waals surface area contributed by atoms with Crippen LogP contribution in [-0.2, 0) is 4.57 Å². The third-order valence-electron chi connectivity index (χ3n) is 10.3. The summed E-state index contributed by atoms with van der Waals surface area (Å²) < 4.78 is 24.9. The van der Waals surface area contributed by atoms with Crippen molar-refractivity contribution in [1.82, 2.24) is 24.1 Å². The molecule has 0 saturated carbocycles. The molecule has 3 aromatic heterocycles. The summed E-state index contributed by atoms with van der Waals surface area (Å²) in [6.45, 7) is 0. The second-order valence-corrected chi connectivity index (χ2v) is 15.6. The number of benzene rings is 7. The van der Waals surface area contributed by atoms with Crippen LogP contribution in [0, 0.1) is 0 Å². The van der Waals surface area contributed by atoms with Crippen LogP contribution in [0.5, 0.6) is 0 Å². The normalized spacial score (nSPS) is 13.7. The van der Waals surface area contributed by atoms with Crippen LogP contribution in [0.25, 0.3) is 55.5 Å². The summed E-state index contributed by atoms with van der Waals surface area (Å²) >= 11 is 0. The van der Waals surface area contributed by atoms with Gasteiger partial charge in [0.1, 0.15) is 0 Å². The van der Waals surface area contributed by atoms with E-state index in [4.69, 9.17) is 15.0 Å². The van der Waals surface area contributed by atoms with E-state index >= 15 is 4.57 Å². The topological polar surface area (TPSA) is 72.1 Å². The second-order valence-electron chi connectivity index (χ2n) is 13.3. The van der Waals surface area contributed by atoms with Gasteiger partial charge in [-0.15, -0.1) is 0 Å². The third kappa shape index (κ3) is 4.32. The fourth-order valence-electron chi connectivity index (χ4n) is 8.06. The molecule has 9 heteroatoms. The predicted octanol–water partition coefficient (Wildman–Crippen LogP) is 10.9. The summed E-state index contributed by atoms with van der Waals surface area (Å²) in [4.78, 5) is 15.9.